The van der Waals surface area contributed by atoms with E-state index in [1.165, 1.54) is 0 Å². The third kappa shape index (κ3) is 7.59. The van der Waals surface area contributed by atoms with E-state index < -0.39 is 54.6 Å². The molecule has 0 fully saturated rings. The van der Waals surface area contributed by atoms with Gasteiger partial charge in [-0.05, 0) is 73.6 Å². The predicted octanol–water partition coefficient (Wildman–Crippen LogP) is 3.61. The second-order valence-corrected chi connectivity index (χ2v) is 13.7. The number of aliphatic carboxylic acids is 1. The molecular formula is C40H47N5O9. The summed E-state index contributed by atoms with van der Waals surface area (Å²) in [5.41, 5.74) is 9.03. The molecule has 3 aromatic heterocycles. The lowest BCUT2D eigenvalue weighted by Crippen LogP contribution is -2.43. The first-order chi connectivity index (χ1) is 25.6. The van der Waals surface area contributed by atoms with Crippen LogP contribution in [-0.4, -0.2) is 80.9 Å². The van der Waals surface area contributed by atoms with E-state index in [0.717, 1.165) is 59.2 Å². The zero-order valence-electron chi connectivity index (χ0n) is 31.6. The van der Waals surface area contributed by atoms with Gasteiger partial charge >= 0.3 is 23.9 Å². The minimum absolute atomic E-state index is 0.0844. The van der Waals surface area contributed by atoms with Gasteiger partial charge in [-0.15, -0.1) is 0 Å². The Labute approximate surface area is 312 Å². The number of ether oxygens (including phenoxy) is 2. The van der Waals surface area contributed by atoms with Crippen molar-refractivity contribution in [3.8, 4) is 0 Å². The molecule has 3 atom stereocenters. The molecule has 14 heteroatoms. The molecule has 2 aliphatic rings. The summed E-state index contributed by atoms with van der Waals surface area (Å²) in [7, 11) is 2.27. The molecule has 0 saturated heterocycles. The summed E-state index contributed by atoms with van der Waals surface area (Å²) >= 11 is 0. The van der Waals surface area contributed by atoms with E-state index in [9.17, 15) is 34.2 Å². The quantitative estimate of drug-likeness (QED) is 0.149. The first-order valence-corrected chi connectivity index (χ1v) is 17.8. The molecular weight excluding hydrogens is 694 g/mol. The number of hydrogen-bond donors (Lipinski definition) is 6. The normalized spacial score (nSPS) is 16.8. The van der Waals surface area contributed by atoms with Gasteiger partial charge in [-0.1, -0.05) is 26.5 Å². The number of nitrogens with one attached hydrogen (secondary N) is 4. The number of carboxylic acids is 2. The fraction of sp³-hybridized carbons (Fsp3) is 0.400. The van der Waals surface area contributed by atoms with Gasteiger partial charge in [0, 0.05) is 64.1 Å². The van der Waals surface area contributed by atoms with Crippen LogP contribution in [0.25, 0.3) is 23.8 Å². The average Bonchev–Trinajstić information content (AvgIpc) is 3.81. The maximum Gasteiger partial charge on any atom is 0.338 e. The van der Waals surface area contributed by atoms with Crippen LogP contribution in [-0.2, 0) is 41.5 Å². The van der Waals surface area contributed by atoms with Crippen LogP contribution in [0, 0.1) is 32.6 Å². The fourth-order valence-corrected chi connectivity index (χ4v) is 7.63. The number of methoxy groups -OCH3 is 2. The van der Waals surface area contributed by atoms with Crippen LogP contribution in [0.3, 0.4) is 0 Å². The summed E-state index contributed by atoms with van der Waals surface area (Å²) in [4.78, 5) is 79.2. The summed E-state index contributed by atoms with van der Waals surface area (Å²) in [5.74, 6) is -5.51. The Bertz CT molecular complexity index is 2250. The highest BCUT2D eigenvalue weighted by atomic mass is 16.5. The van der Waals surface area contributed by atoms with E-state index in [1.807, 2.05) is 39.0 Å². The number of fused-ring (bicyclic) bond motifs is 7. The Morgan fingerprint density at radius 1 is 1.00 bits per heavy atom. The SMILES string of the molecule is C=Cc1c2[nH]c(c1C)C=C1N=C(C(CC(=O)NC(CC(=O)OC)C(=O)OC)=c3[nH]c(c(C)c3C(=O)O)=Cc3[nH]c(c(C)c3CC)C2)[C@@H](CCC(=O)O)[C@@H]1C. The number of carboxylic acid groups (broad SMARTS) is 2. The topological polar surface area (TPSA) is 216 Å². The second kappa shape index (κ2) is 16.0. The van der Waals surface area contributed by atoms with E-state index in [1.54, 1.807) is 6.92 Å². The number of aromatic carboxylic acids is 1. The average molecular weight is 742 g/mol. The number of H-pyrrole nitrogens is 3. The number of carbonyl (C=O) groups excluding carboxylic acids is 3. The lowest BCUT2D eigenvalue weighted by molar-refractivity contribution is -0.150. The molecule has 1 unspecified atom stereocenters. The first-order valence-electron chi connectivity index (χ1n) is 17.8. The molecule has 0 spiro atoms. The van der Waals surface area contributed by atoms with E-state index in [-0.39, 0.29) is 35.2 Å². The Hall–Kier alpha value is -5.92. The van der Waals surface area contributed by atoms with Crippen molar-refractivity contribution < 1.29 is 43.7 Å². The van der Waals surface area contributed by atoms with Crippen LogP contribution in [0.1, 0.15) is 100 Å². The molecule has 5 heterocycles. The van der Waals surface area contributed by atoms with Gasteiger partial charge in [-0.2, -0.15) is 0 Å². The monoisotopic (exact) mass is 741 g/mol. The van der Waals surface area contributed by atoms with Crippen molar-refractivity contribution in [2.75, 3.05) is 14.2 Å². The van der Waals surface area contributed by atoms with Crippen molar-refractivity contribution in [2.45, 2.75) is 79.2 Å². The smallest absolute Gasteiger partial charge is 0.338 e. The van der Waals surface area contributed by atoms with Crippen molar-refractivity contribution in [3.05, 3.63) is 79.1 Å². The molecule has 1 amide bonds. The molecule has 6 N–H and O–H groups in total. The summed E-state index contributed by atoms with van der Waals surface area (Å²) in [6, 6.07) is -1.39. The van der Waals surface area contributed by atoms with E-state index >= 15 is 0 Å². The Morgan fingerprint density at radius 3 is 2.31 bits per heavy atom. The number of esters is 2. The fourth-order valence-electron chi connectivity index (χ4n) is 7.63. The minimum Gasteiger partial charge on any atom is -0.481 e. The molecule has 0 aromatic carbocycles. The molecule has 5 rings (SSSR count). The number of allylic oxidation sites excluding steroid dienone is 1. The Kier molecular flexibility index (Phi) is 11.6. The maximum atomic E-state index is 13.9. The molecule has 2 aliphatic heterocycles. The van der Waals surface area contributed by atoms with Crippen molar-refractivity contribution in [1.82, 2.24) is 20.3 Å². The number of rotatable bonds is 12. The van der Waals surface area contributed by atoms with E-state index in [4.69, 9.17) is 14.5 Å². The number of carbonyl (C=O) groups is 5. The predicted molar refractivity (Wildman–Crippen MR) is 202 cm³/mol. The van der Waals surface area contributed by atoms with Gasteiger partial charge in [0.15, 0.2) is 0 Å². The Morgan fingerprint density at radius 2 is 1.70 bits per heavy atom. The highest BCUT2D eigenvalue weighted by molar-refractivity contribution is 6.24. The zero-order chi connectivity index (χ0) is 39.6. The summed E-state index contributed by atoms with van der Waals surface area (Å²) in [6.07, 6.45) is 5.79. The third-order valence-corrected chi connectivity index (χ3v) is 10.6. The van der Waals surface area contributed by atoms with Gasteiger partial charge in [-0.3, -0.25) is 19.4 Å². The molecule has 8 bridgehead atoms. The molecule has 3 aromatic rings. The van der Waals surface area contributed by atoms with Crippen LogP contribution in [0.4, 0.5) is 0 Å². The van der Waals surface area contributed by atoms with Crippen LogP contribution in [0.15, 0.2) is 17.3 Å². The highest BCUT2D eigenvalue weighted by Crippen LogP contribution is 2.39. The third-order valence-electron chi connectivity index (χ3n) is 10.6. The van der Waals surface area contributed by atoms with Crippen molar-refractivity contribution in [1.29, 1.82) is 0 Å². The maximum absolute atomic E-state index is 13.9. The summed E-state index contributed by atoms with van der Waals surface area (Å²) in [5, 5.41) is 23.6. The van der Waals surface area contributed by atoms with Gasteiger partial charge in [0.1, 0.15) is 6.04 Å². The largest absolute Gasteiger partial charge is 0.481 e. The zero-order valence-corrected chi connectivity index (χ0v) is 31.6. The van der Waals surface area contributed by atoms with Gasteiger partial charge in [0.25, 0.3) is 0 Å². The van der Waals surface area contributed by atoms with Gasteiger partial charge in [-0.25, -0.2) is 9.59 Å². The number of hydrogen-bond acceptors (Lipinski definition) is 8. The van der Waals surface area contributed by atoms with Crippen LogP contribution in [0.2, 0.25) is 0 Å². The number of aromatic nitrogens is 3. The molecule has 0 radical (unpaired) electrons. The van der Waals surface area contributed by atoms with Crippen LogP contribution < -0.4 is 16.0 Å². The number of amides is 1. The lowest BCUT2D eigenvalue weighted by Gasteiger charge is -2.20. The number of nitrogens with zero attached hydrogens (tertiary/aromatic N) is 1. The molecule has 0 saturated carbocycles. The standard InChI is InChI=1S/C40H47N5O9/c1-9-22-18(3)26-14-28-20(5)24(11-12-34(47)48)37(44-28)25(13-33(46)43-32(40(52)54-8)17-35(49)53-7)38-36(39(50)51)21(6)29(45-38)16-31-23(10-2)19(4)27(42-31)15-30(22)41-26/h9,14,16,20,24,32,41-42,45H,1,10-13,15,17H2,2-8H3,(H,43,46)(H,47,48)(H,50,51)/t20-,24-,32?/m0/s1. The lowest BCUT2D eigenvalue weighted by atomic mass is 9.82. The van der Waals surface area contributed by atoms with Gasteiger partial charge in [0.2, 0.25) is 5.91 Å². The highest BCUT2D eigenvalue weighted by Gasteiger charge is 2.37. The van der Waals surface area contributed by atoms with Crippen LogP contribution in [0.5, 0.6) is 0 Å². The number of aliphatic imine (C=N–C) groups is 1. The van der Waals surface area contributed by atoms with Crippen molar-refractivity contribution in [3.63, 3.8) is 0 Å². The molecule has 54 heavy (non-hydrogen) atoms. The molecule has 14 nitrogen and oxygen atoms in total. The molecule has 286 valence electrons. The van der Waals surface area contributed by atoms with E-state index in [0.29, 0.717) is 35.2 Å². The minimum atomic E-state index is -1.39. The van der Waals surface area contributed by atoms with E-state index in [2.05, 4.69) is 33.8 Å². The molecule has 0 aliphatic carbocycles. The van der Waals surface area contributed by atoms with Crippen molar-refractivity contribution in [2.24, 2.45) is 16.8 Å². The van der Waals surface area contributed by atoms with Gasteiger partial charge < -0.3 is 40.0 Å². The van der Waals surface area contributed by atoms with Gasteiger partial charge in [0.05, 0.1) is 43.7 Å². The van der Waals surface area contributed by atoms with Crippen LogP contribution >= 0.6 is 0 Å². The summed E-state index contributed by atoms with van der Waals surface area (Å²) in [6.45, 7) is 13.8. The summed E-state index contributed by atoms with van der Waals surface area (Å²) < 4.78 is 9.54. The number of aromatic amines is 3. The second-order valence-electron chi connectivity index (χ2n) is 13.7. The first kappa shape index (κ1) is 39.3. The van der Waals surface area contributed by atoms with Crippen molar-refractivity contribution >= 4 is 59.3 Å². The Balaban J connectivity index is 1.87.